The molecule has 10 heteroatoms. The maximum atomic E-state index is 13.2. The van der Waals surface area contributed by atoms with Crippen molar-refractivity contribution in [2.24, 2.45) is 0 Å². The van der Waals surface area contributed by atoms with Crippen LogP contribution in [0.3, 0.4) is 0 Å². The van der Waals surface area contributed by atoms with Crippen molar-refractivity contribution in [2.45, 2.75) is 17.1 Å². The molecule has 1 unspecified atom stereocenters. The van der Waals surface area contributed by atoms with Crippen molar-refractivity contribution in [1.29, 1.82) is 0 Å². The molecular formula is C31H24BrCl2N3O3S. The van der Waals surface area contributed by atoms with Crippen LogP contribution in [0.25, 0.3) is 6.08 Å². The van der Waals surface area contributed by atoms with E-state index >= 15 is 0 Å². The van der Waals surface area contributed by atoms with Gasteiger partial charge in [-0.05, 0) is 85.3 Å². The Labute approximate surface area is 260 Å². The van der Waals surface area contributed by atoms with Gasteiger partial charge in [-0.3, -0.25) is 14.4 Å². The molecule has 1 atom stereocenters. The molecule has 0 bridgehead atoms. The van der Waals surface area contributed by atoms with E-state index in [4.69, 9.17) is 23.2 Å². The summed E-state index contributed by atoms with van der Waals surface area (Å²) in [5.41, 5.74) is 2.27. The average molecular weight is 669 g/mol. The van der Waals surface area contributed by atoms with Crippen LogP contribution in [0.15, 0.2) is 112 Å². The third-order valence-corrected chi connectivity index (χ3v) is 7.88. The molecule has 0 heterocycles. The molecule has 3 N–H and O–H groups in total. The number of carbonyl (C=O) groups excluding carboxylic acids is 3. The number of benzene rings is 4. The molecule has 4 aromatic rings. The largest absolute Gasteiger partial charge is 0.324 e. The molecule has 0 spiro atoms. The fourth-order valence-electron chi connectivity index (χ4n) is 3.57. The van der Waals surface area contributed by atoms with E-state index in [1.807, 2.05) is 30.3 Å². The molecule has 4 rings (SSSR count). The van der Waals surface area contributed by atoms with Gasteiger partial charge in [0.1, 0.15) is 5.70 Å². The number of hydrogen-bond acceptors (Lipinski definition) is 4. The van der Waals surface area contributed by atoms with Crippen LogP contribution in [-0.2, 0) is 9.59 Å². The van der Waals surface area contributed by atoms with Crippen molar-refractivity contribution in [1.82, 2.24) is 5.32 Å². The van der Waals surface area contributed by atoms with Crippen LogP contribution in [-0.4, -0.2) is 23.0 Å². The Morgan fingerprint density at radius 3 is 2.20 bits per heavy atom. The van der Waals surface area contributed by atoms with Crippen LogP contribution >= 0.6 is 50.9 Å². The van der Waals surface area contributed by atoms with Crippen molar-refractivity contribution < 1.29 is 14.4 Å². The van der Waals surface area contributed by atoms with Crippen molar-refractivity contribution in [2.75, 3.05) is 10.6 Å². The fraction of sp³-hybridized carbons (Fsp3) is 0.0645. The minimum Gasteiger partial charge on any atom is -0.324 e. The van der Waals surface area contributed by atoms with E-state index in [2.05, 4.69) is 31.9 Å². The second kappa shape index (κ2) is 14.4. The molecule has 0 aliphatic heterocycles. The van der Waals surface area contributed by atoms with Gasteiger partial charge in [-0.2, -0.15) is 0 Å². The molecule has 0 saturated heterocycles. The highest BCUT2D eigenvalue weighted by Gasteiger charge is 2.17. The van der Waals surface area contributed by atoms with E-state index in [1.54, 1.807) is 79.7 Å². The zero-order valence-corrected chi connectivity index (χ0v) is 25.6. The van der Waals surface area contributed by atoms with Crippen molar-refractivity contribution in [3.8, 4) is 0 Å². The summed E-state index contributed by atoms with van der Waals surface area (Å²) in [5.74, 6) is -1.10. The molecule has 0 aliphatic carbocycles. The Morgan fingerprint density at radius 2 is 1.54 bits per heavy atom. The van der Waals surface area contributed by atoms with E-state index < -0.39 is 17.1 Å². The predicted molar refractivity (Wildman–Crippen MR) is 172 cm³/mol. The summed E-state index contributed by atoms with van der Waals surface area (Å²) in [6.07, 6.45) is 1.61. The number of hydrogen-bond donors (Lipinski definition) is 3. The number of rotatable bonds is 9. The maximum Gasteiger partial charge on any atom is 0.272 e. The molecular weight excluding hydrogens is 645 g/mol. The van der Waals surface area contributed by atoms with Gasteiger partial charge in [-0.15, -0.1) is 11.8 Å². The van der Waals surface area contributed by atoms with E-state index in [0.29, 0.717) is 27.0 Å². The van der Waals surface area contributed by atoms with E-state index in [-0.39, 0.29) is 11.6 Å². The zero-order valence-electron chi connectivity index (χ0n) is 21.7. The minimum atomic E-state index is -0.481. The summed E-state index contributed by atoms with van der Waals surface area (Å²) in [4.78, 5) is 39.6. The smallest absolute Gasteiger partial charge is 0.272 e. The monoisotopic (exact) mass is 667 g/mol. The number of anilines is 2. The molecule has 4 aromatic carbocycles. The zero-order chi connectivity index (χ0) is 29.4. The Morgan fingerprint density at radius 1 is 0.854 bits per heavy atom. The van der Waals surface area contributed by atoms with Gasteiger partial charge >= 0.3 is 0 Å². The predicted octanol–water partition coefficient (Wildman–Crippen LogP) is 8.28. The third-order valence-electron chi connectivity index (χ3n) is 5.69. The standard InChI is InChI=1S/C31H24BrCl2N3O3S/c1-19(29(38)36-27-16-11-23(33)18-26(27)34)41-25-14-12-24(13-15-25)35-31(40)28(17-20-7-9-22(32)10-8-20)37-30(39)21-5-3-2-4-6-21/h2-19H,1H3,(H,35,40)(H,36,38)(H,37,39)/b28-17-. The van der Waals surface area contributed by atoms with E-state index in [1.165, 1.54) is 11.8 Å². The van der Waals surface area contributed by atoms with Crippen LogP contribution in [0.2, 0.25) is 10.0 Å². The van der Waals surface area contributed by atoms with Gasteiger partial charge in [0.25, 0.3) is 11.8 Å². The normalized spacial score (nSPS) is 11.9. The highest BCUT2D eigenvalue weighted by Crippen LogP contribution is 2.29. The summed E-state index contributed by atoms with van der Waals surface area (Å²) < 4.78 is 0.896. The van der Waals surface area contributed by atoms with Gasteiger partial charge in [-0.25, -0.2) is 0 Å². The van der Waals surface area contributed by atoms with Gasteiger partial charge in [0.2, 0.25) is 5.91 Å². The minimum absolute atomic E-state index is 0.0887. The van der Waals surface area contributed by atoms with Crippen molar-refractivity contribution in [3.05, 3.63) is 128 Å². The lowest BCUT2D eigenvalue weighted by atomic mass is 10.1. The van der Waals surface area contributed by atoms with Crippen molar-refractivity contribution in [3.63, 3.8) is 0 Å². The molecule has 0 radical (unpaired) electrons. The van der Waals surface area contributed by atoms with Gasteiger partial charge in [0.05, 0.1) is 16.0 Å². The number of carbonyl (C=O) groups is 3. The van der Waals surface area contributed by atoms with Gasteiger partial charge in [-0.1, -0.05) is 69.5 Å². The topological polar surface area (TPSA) is 87.3 Å². The number of nitrogens with one attached hydrogen (secondary N) is 3. The fourth-order valence-corrected chi connectivity index (χ4v) is 5.15. The molecule has 0 aliphatic rings. The summed E-state index contributed by atoms with van der Waals surface area (Å²) >= 11 is 16.8. The summed E-state index contributed by atoms with van der Waals surface area (Å²) in [6, 6.07) is 28.0. The van der Waals surface area contributed by atoms with Crippen molar-refractivity contribution >= 4 is 86.1 Å². The summed E-state index contributed by atoms with van der Waals surface area (Å²) in [5, 5.41) is 8.79. The van der Waals surface area contributed by atoms with Crippen LogP contribution in [0.4, 0.5) is 11.4 Å². The number of thioether (sulfide) groups is 1. The first-order valence-corrected chi connectivity index (χ1v) is 14.8. The Kier molecular flexibility index (Phi) is 10.7. The quantitative estimate of drug-likeness (QED) is 0.124. The lowest BCUT2D eigenvalue weighted by Crippen LogP contribution is -2.30. The first-order chi connectivity index (χ1) is 19.7. The summed E-state index contributed by atoms with van der Waals surface area (Å²) in [7, 11) is 0. The SMILES string of the molecule is CC(Sc1ccc(NC(=O)/C(=C/c2ccc(Br)cc2)NC(=O)c2ccccc2)cc1)C(=O)Nc1ccc(Cl)cc1Cl. The number of halogens is 3. The summed E-state index contributed by atoms with van der Waals surface area (Å²) in [6.45, 7) is 1.79. The number of amides is 3. The molecule has 208 valence electrons. The molecule has 0 fully saturated rings. The average Bonchev–Trinajstić information content (AvgIpc) is 2.96. The van der Waals surface area contributed by atoms with Gasteiger partial charge < -0.3 is 16.0 Å². The molecule has 0 saturated carbocycles. The van der Waals surface area contributed by atoms with E-state index in [9.17, 15) is 14.4 Å². The Hall–Kier alpha value is -3.56. The second-order valence-corrected chi connectivity index (χ2v) is 12.0. The molecule has 6 nitrogen and oxygen atoms in total. The Balaban J connectivity index is 1.42. The highest BCUT2D eigenvalue weighted by atomic mass is 79.9. The highest BCUT2D eigenvalue weighted by molar-refractivity contribution is 9.10. The second-order valence-electron chi connectivity index (χ2n) is 8.78. The van der Waals surface area contributed by atoms with E-state index in [0.717, 1.165) is 14.9 Å². The van der Waals surface area contributed by atoms with Crippen LogP contribution in [0.5, 0.6) is 0 Å². The van der Waals surface area contributed by atoms with Crippen LogP contribution in [0, 0.1) is 0 Å². The first kappa shape index (κ1) is 30.4. The van der Waals surface area contributed by atoms with Crippen LogP contribution < -0.4 is 16.0 Å². The Bertz CT molecular complexity index is 1580. The molecule has 0 aromatic heterocycles. The van der Waals surface area contributed by atoms with Crippen LogP contribution in [0.1, 0.15) is 22.8 Å². The lowest BCUT2D eigenvalue weighted by Gasteiger charge is -2.14. The van der Waals surface area contributed by atoms with Gasteiger partial charge in [0.15, 0.2) is 0 Å². The maximum absolute atomic E-state index is 13.2. The van der Waals surface area contributed by atoms with Gasteiger partial charge in [0, 0.05) is 25.6 Å². The third kappa shape index (κ3) is 8.96. The lowest BCUT2D eigenvalue weighted by molar-refractivity contribution is -0.115. The molecule has 41 heavy (non-hydrogen) atoms. The molecule has 3 amide bonds. The first-order valence-electron chi connectivity index (χ1n) is 12.4.